The monoisotopic (exact) mass is 1740 g/mol. The van der Waals surface area contributed by atoms with E-state index in [1.54, 1.807) is 31.2 Å². The molecule has 33 nitrogen and oxygen atoms in total. The Labute approximate surface area is 706 Å². The Morgan fingerprint density at radius 3 is 0.714 bits per heavy atom. The highest BCUT2D eigenvalue weighted by Gasteiger charge is 2.33. The van der Waals surface area contributed by atoms with Crippen molar-refractivity contribution in [1.82, 2.24) is 5.32 Å². The molecule has 0 radical (unpaired) electrons. The molecule has 1 N–H and O–H groups in total. The maximum atomic E-state index is 13.9. The summed E-state index contributed by atoms with van der Waals surface area (Å²) in [6.45, 7) is 30.3. The number of benzene rings is 3. The van der Waals surface area contributed by atoms with Crippen LogP contribution in [0, 0.1) is 25.7 Å². The standard InChI is InChI=1S/C84H139NO32S2/c1-6-80(86)83(72(2)3)85-82(88)21-23-95-25-27-97-29-31-99-33-35-101-37-39-103-41-43-105-45-47-107-49-51-109-53-55-111-57-59-113-61-63-115-65-67-117-69-68-116-66-64-114-62-60-112-58-56-110-54-52-108-50-48-106-46-44-104-42-40-102-38-36-100-34-32-98-30-28-96-26-24-94-22-7-8-81(87)75-13-15-76(16-14-75)84(89)77(70-118(90,91)78-17-9-73(4)10-18-78)71-119(92,93)79-19-11-74(5)12-20-79/h9-20,72,77,83H,6-8,21-71H2,1-5H3,(H,85,88)/t83-/m0/s1. The summed E-state index contributed by atoms with van der Waals surface area (Å²) in [6.07, 6.45) is 1.23. The summed E-state index contributed by atoms with van der Waals surface area (Å²) in [6, 6.07) is 17.7. The minimum Gasteiger partial charge on any atom is -0.379 e. The molecule has 0 fully saturated rings. The number of aryl methyl sites for hydroxylation is 2. The molecule has 0 saturated carbocycles. The van der Waals surface area contributed by atoms with Crippen molar-refractivity contribution in [2.75, 3.05) is 329 Å². The second kappa shape index (κ2) is 75.6. The highest BCUT2D eigenvalue weighted by Crippen LogP contribution is 2.24. The number of ketones is 3. The van der Waals surface area contributed by atoms with E-state index in [1.807, 2.05) is 27.7 Å². The molecule has 119 heavy (non-hydrogen) atoms. The van der Waals surface area contributed by atoms with Crippen LogP contribution in [0.5, 0.6) is 0 Å². The second-order valence-electron chi connectivity index (χ2n) is 26.9. The predicted octanol–water partition coefficient (Wildman–Crippen LogP) is 5.92. The van der Waals surface area contributed by atoms with E-state index in [2.05, 4.69) is 5.32 Å². The van der Waals surface area contributed by atoms with Crippen LogP contribution in [-0.2, 0) is 143 Å². The van der Waals surface area contributed by atoms with E-state index in [-0.39, 0.29) is 58.2 Å². The first-order valence-corrected chi connectivity index (χ1v) is 44.8. The molecule has 0 aromatic heterocycles. The zero-order valence-electron chi connectivity index (χ0n) is 71.2. The summed E-state index contributed by atoms with van der Waals surface area (Å²) < 4.78 is 187. The average Bonchev–Trinajstić information content (AvgIpc) is 0.799. The van der Waals surface area contributed by atoms with Crippen LogP contribution in [0.2, 0.25) is 0 Å². The molecule has 0 aliphatic heterocycles. The minimum absolute atomic E-state index is 0.00635. The first-order chi connectivity index (χ1) is 58.0. The van der Waals surface area contributed by atoms with Crippen molar-refractivity contribution in [2.24, 2.45) is 11.8 Å². The Morgan fingerprint density at radius 2 is 0.496 bits per heavy atom. The summed E-state index contributed by atoms with van der Waals surface area (Å²) in [4.78, 5) is 50.9. The molecule has 0 aliphatic carbocycles. The Hall–Kier alpha value is -4.92. The first kappa shape index (κ1) is 108. The van der Waals surface area contributed by atoms with Crippen molar-refractivity contribution in [3.63, 3.8) is 0 Å². The van der Waals surface area contributed by atoms with Crippen LogP contribution < -0.4 is 5.32 Å². The molecule has 3 rings (SSSR count). The van der Waals surface area contributed by atoms with Gasteiger partial charge in [0.2, 0.25) is 5.91 Å². The number of carbonyl (C=O) groups is 4. The van der Waals surface area contributed by atoms with Crippen molar-refractivity contribution < 1.29 is 150 Å². The van der Waals surface area contributed by atoms with Crippen LogP contribution >= 0.6 is 0 Å². The van der Waals surface area contributed by atoms with E-state index in [0.717, 1.165) is 11.1 Å². The molecule has 35 heteroatoms. The van der Waals surface area contributed by atoms with Crippen LogP contribution in [0.1, 0.15) is 78.3 Å². The van der Waals surface area contributed by atoms with E-state index in [0.29, 0.717) is 329 Å². The van der Waals surface area contributed by atoms with Gasteiger partial charge < -0.3 is 119 Å². The van der Waals surface area contributed by atoms with Crippen LogP contribution in [0.3, 0.4) is 0 Å². The largest absolute Gasteiger partial charge is 0.379 e. The van der Waals surface area contributed by atoms with Gasteiger partial charge in [-0.25, -0.2) is 16.8 Å². The van der Waals surface area contributed by atoms with Crippen molar-refractivity contribution in [1.29, 1.82) is 0 Å². The van der Waals surface area contributed by atoms with E-state index in [9.17, 15) is 36.0 Å². The number of rotatable bonds is 89. The molecule has 684 valence electrons. The highest BCUT2D eigenvalue weighted by atomic mass is 32.2. The van der Waals surface area contributed by atoms with Gasteiger partial charge in [-0.2, -0.15) is 0 Å². The fourth-order valence-electron chi connectivity index (χ4n) is 10.4. The third-order valence-electron chi connectivity index (χ3n) is 16.9. The molecule has 0 saturated heterocycles. The van der Waals surface area contributed by atoms with Crippen LogP contribution in [0.25, 0.3) is 0 Å². The highest BCUT2D eigenvalue weighted by molar-refractivity contribution is 7.92. The summed E-state index contributed by atoms with van der Waals surface area (Å²) >= 11 is 0. The summed E-state index contributed by atoms with van der Waals surface area (Å²) in [5, 5.41) is 2.79. The van der Waals surface area contributed by atoms with E-state index in [1.165, 1.54) is 48.5 Å². The quantitative estimate of drug-likeness (QED) is 0.0506. The molecule has 0 aliphatic rings. The molecule has 0 spiro atoms. The molecular formula is C84H139NO32S2. The fourth-order valence-corrected chi connectivity index (χ4v) is 13.6. The number of ether oxygens (including phenoxy) is 24. The van der Waals surface area contributed by atoms with E-state index >= 15 is 0 Å². The topological polar surface area (TPSA) is 370 Å². The van der Waals surface area contributed by atoms with Gasteiger partial charge in [0, 0.05) is 37.0 Å². The molecule has 1 amide bonds. The van der Waals surface area contributed by atoms with Gasteiger partial charge >= 0.3 is 0 Å². The normalized spacial score (nSPS) is 12.2. The third kappa shape index (κ3) is 61.1. The Morgan fingerprint density at radius 1 is 0.286 bits per heavy atom. The molecule has 0 bridgehead atoms. The van der Waals surface area contributed by atoms with Crippen molar-refractivity contribution in [3.05, 3.63) is 95.1 Å². The number of carbonyl (C=O) groups excluding carboxylic acids is 4. The van der Waals surface area contributed by atoms with Gasteiger partial charge in [-0.05, 0) is 50.5 Å². The Bertz CT molecular complexity index is 3060. The van der Waals surface area contributed by atoms with Crippen LogP contribution in [-0.4, -0.2) is 375 Å². The Kier molecular flexibility index (Phi) is 68.8. The van der Waals surface area contributed by atoms with Crippen LogP contribution in [0.4, 0.5) is 0 Å². The maximum Gasteiger partial charge on any atom is 0.222 e. The third-order valence-corrected chi connectivity index (χ3v) is 20.5. The van der Waals surface area contributed by atoms with Gasteiger partial charge in [0.1, 0.15) is 0 Å². The molecule has 0 heterocycles. The molecule has 0 unspecified atom stereocenters. The van der Waals surface area contributed by atoms with E-state index in [4.69, 9.17) is 114 Å². The smallest absolute Gasteiger partial charge is 0.222 e. The number of amides is 1. The Balaban J connectivity index is 0.912. The lowest BCUT2D eigenvalue weighted by Gasteiger charge is -2.20. The van der Waals surface area contributed by atoms with Gasteiger partial charge in [0.15, 0.2) is 37.0 Å². The summed E-state index contributed by atoms with van der Waals surface area (Å²) in [5.74, 6) is -3.76. The zero-order valence-corrected chi connectivity index (χ0v) is 72.9. The van der Waals surface area contributed by atoms with Gasteiger partial charge in [-0.15, -0.1) is 0 Å². The predicted molar refractivity (Wildman–Crippen MR) is 441 cm³/mol. The summed E-state index contributed by atoms with van der Waals surface area (Å²) in [5.41, 5.74) is 2.16. The molecule has 3 aromatic rings. The number of hydrogen-bond acceptors (Lipinski definition) is 32. The van der Waals surface area contributed by atoms with Crippen molar-refractivity contribution in [2.45, 2.75) is 76.1 Å². The zero-order chi connectivity index (χ0) is 85.9. The molecule has 3 aromatic carbocycles. The SMILES string of the molecule is CCC(=O)[C@@H](NC(=O)CCOCCOCCOCCOCCOCCOCCOCCOCCOCCOCCOCCOCCOCCOCCOCCOCCOCCOCCOCCOCCOCCOCCOCCOCCCC(=O)c1ccc(C(=O)C(CS(=O)(=O)c2ccc(C)cc2)CS(=O)(=O)c2ccc(C)cc2)cc1)C(C)C. The van der Waals surface area contributed by atoms with Gasteiger partial charge in [-0.1, -0.05) is 80.4 Å². The number of Topliss-reactive ketones (excluding diaryl/α,β-unsaturated/α-hetero) is 3. The number of hydrogen-bond donors (Lipinski definition) is 1. The van der Waals surface area contributed by atoms with Gasteiger partial charge in [-0.3, -0.25) is 19.2 Å². The number of nitrogens with one attached hydrogen (secondary N) is 1. The first-order valence-electron chi connectivity index (χ1n) is 41.5. The van der Waals surface area contributed by atoms with Crippen molar-refractivity contribution in [3.8, 4) is 0 Å². The summed E-state index contributed by atoms with van der Waals surface area (Å²) in [7, 11) is -8.09. The van der Waals surface area contributed by atoms with Gasteiger partial charge in [0.05, 0.1) is 344 Å². The fraction of sp³-hybridized carbons (Fsp3) is 0.738. The maximum absolute atomic E-state index is 13.9. The lowest BCUT2D eigenvalue weighted by Crippen LogP contribution is -2.44. The van der Waals surface area contributed by atoms with Gasteiger partial charge in [0.25, 0.3) is 0 Å². The molecular weight excluding hydrogens is 1600 g/mol. The van der Waals surface area contributed by atoms with Crippen molar-refractivity contribution >= 4 is 42.9 Å². The lowest BCUT2D eigenvalue weighted by molar-refractivity contribution is -0.129. The van der Waals surface area contributed by atoms with E-state index < -0.39 is 48.9 Å². The molecule has 1 atom stereocenters. The second-order valence-corrected chi connectivity index (χ2v) is 31.0. The lowest BCUT2D eigenvalue weighted by atomic mass is 9.98. The number of sulfone groups is 2. The minimum atomic E-state index is -4.05. The van der Waals surface area contributed by atoms with Crippen LogP contribution in [0.15, 0.2) is 82.6 Å². The average molecular weight is 1740 g/mol.